The number of amides is 1. The van der Waals surface area contributed by atoms with Crippen molar-refractivity contribution >= 4 is 18.5 Å². The molecule has 2 N–H and O–H groups in total. The fraction of sp³-hybridized carbons (Fsp3) is 0.533. The molecule has 104 valence electrons. The van der Waals surface area contributed by atoms with E-state index in [9.17, 15) is 4.79 Å². The van der Waals surface area contributed by atoms with E-state index >= 15 is 0 Å². The molecule has 19 heavy (non-hydrogen) atoms. The molecule has 0 aromatic heterocycles. The number of benzene rings is 1. The average molecular weight is 278 g/mol. The summed E-state index contributed by atoms with van der Waals surface area (Å²) in [4.78, 5) is 12.1. The normalized spacial score (nSPS) is 21.4. The first-order valence-corrected chi connectivity index (χ1v) is 7.50. The molecule has 1 amide bonds. The van der Waals surface area contributed by atoms with Gasteiger partial charge in [-0.25, -0.2) is 0 Å². The highest BCUT2D eigenvalue weighted by atomic mass is 32.1. The Morgan fingerprint density at radius 1 is 1.32 bits per heavy atom. The Morgan fingerprint density at radius 2 is 2.11 bits per heavy atom. The number of thiol groups is 1. The lowest BCUT2D eigenvalue weighted by molar-refractivity contribution is -0.121. The largest absolute Gasteiger partial charge is 0.352 e. The minimum absolute atomic E-state index is 0.0547. The van der Waals surface area contributed by atoms with Crippen LogP contribution in [0.2, 0.25) is 0 Å². The van der Waals surface area contributed by atoms with Crippen LogP contribution in [0.4, 0.5) is 0 Å². The zero-order valence-electron chi connectivity index (χ0n) is 11.1. The van der Waals surface area contributed by atoms with Gasteiger partial charge in [0.15, 0.2) is 0 Å². The maximum Gasteiger partial charge on any atom is 0.233 e. The Labute approximate surface area is 120 Å². The smallest absolute Gasteiger partial charge is 0.233 e. The summed E-state index contributed by atoms with van der Waals surface area (Å²) < 4.78 is 0. The van der Waals surface area contributed by atoms with Crippen molar-refractivity contribution in [3.05, 3.63) is 35.9 Å². The topological polar surface area (TPSA) is 41.1 Å². The molecule has 0 aliphatic carbocycles. The Kier molecular flexibility index (Phi) is 5.73. The summed E-state index contributed by atoms with van der Waals surface area (Å²) in [6.07, 6.45) is 3.88. The molecule has 0 unspecified atom stereocenters. The van der Waals surface area contributed by atoms with Crippen molar-refractivity contribution < 1.29 is 4.79 Å². The van der Waals surface area contributed by atoms with E-state index < -0.39 is 0 Å². The van der Waals surface area contributed by atoms with Crippen LogP contribution in [0.1, 0.15) is 24.8 Å². The lowest BCUT2D eigenvalue weighted by Crippen LogP contribution is -2.40. The first-order chi connectivity index (χ1) is 9.25. The van der Waals surface area contributed by atoms with Gasteiger partial charge in [-0.05, 0) is 44.3 Å². The number of nitrogens with one attached hydrogen (secondary N) is 2. The molecule has 1 heterocycles. The second-order valence-electron chi connectivity index (χ2n) is 5.09. The maximum atomic E-state index is 12.1. The van der Waals surface area contributed by atoms with Gasteiger partial charge in [0.2, 0.25) is 5.91 Å². The monoisotopic (exact) mass is 278 g/mol. The van der Waals surface area contributed by atoms with Crippen LogP contribution in [0.25, 0.3) is 0 Å². The molecular weight excluding hydrogens is 256 g/mol. The molecule has 2 atom stereocenters. The Morgan fingerprint density at radius 3 is 2.89 bits per heavy atom. The SMILES string of the molecule is O=C(N[C@H]1CCCNCC1)[C@@H](S)Cc1ccccc1. The van der Waals surface area contributed by atoms with Gasteiger partial charge in [-0.2, -0.15) is 12.6 Å². The third kappa shape index (κ3) is 4.88. The standard InChI is InChI=1S/C15H22N2OS/c18-15(17-13-7-4-9-16-10-8-13)14(19)11-12-5-2-1-3-6-12/h1-3,5-6,13-14,16,19H,4,7-11H2,(H,17,18)/t13-,14-/m0/s1. The minimum atomic E-state index is -0.265. The van der Waals surface area contributed by atoms with Gasteiger partial charge in [-0.15, -0.1) is 0 Å². The van der Waals surface area contributed by atoms with Crippen molar-refractivity contribution in [2.24, 2.45) is 0 Å². The maximum absolute atomic E-state index is 12.1. The van der Waals surface area contributed by atoms with Crippen LogP contribution in [0.5, 0.6) is 0 Å². The van der Waals surface area contributed by atoms with Gasteiger partial charge in [0.05, 0.1) is 5.25 Å². The van der Waals surface area contributed by atoms with Crippen molar-refractivity contribution in [1.82, 2.24) is 10.6 Å². The van der Waals surface area contributed by atoms with Crippen LogP contribution in [-0.2, 0) is 11.2 Å². The molecule has 1 aliphatic heterocycles. The zero-order valence-corrected chi connectivity index (χ0v) is 12.0. The molecule has 1 fully saturated rings. The Hall–Kier alpha value is -1.00. The molecule has 4 heteroatoms. The summed E-state index contributed by atoms with van der Waals surface area (Å²) in [5.41, 5.74) is 1.15. The van der Waals surface area contributed by atoms with E-state index in [1.807, 2.05) is 30.3 Å². The number of carbonyl (C=O) groups excluding carboxylic acids is 1. The highest BCUT2D eigenvalue weighted by Crippen LogP contribution is 2.10. The first kappa shape index (κ1) is 14.4. The van der Waals surface area contributed by atoms with Gasteiger partial charge < -0.3 is 10.6 Å². The van der Waals surface area contributed by atoms with Crippen molar-refractivity contribution in [2.75, 3.05) is 13.1 Å². The van der Waals surface area contributed by atoms with Gasteiger partial charge >= 0.3 is 0 Å². The van der Waals surface area contributed by atoms with Crippen molar-refractivity contribution in [1.29, 1.82) is 0 Å². The van der Waals surface area contributed by atoms with Crippen molar-refractivity contribution in [3.8, 4) is 0 Å². The van der Waals surface area contributed by atoms with Gasteiger partial charge in [-0.3, -0.25) is 4.79 Å². The summed E-state index contributed by atoms with van der Waals surface area (Å²) in [6.45, 7) is 2.04. The third-order valence-corrected chi connectivity index (χ3v) is 3.91. The van der Waals surface area contributed by atoms with E-state index in [1.54, 1.807) is 0 Å². The fourth-order valence-corrected chi connectivity index (χ4v) is 2.68. The highest BCUT2D eigenvalue weighted by molar-refractivity contribution is 7.81. The second-order valence-corrected chi connectivity index (χ2v) is 5.72. The van der Waals surface area contributed by atoms with Crippen LogP contribution in [0.15, 0.2) is 30.3 Å². The van der Waals surface area contributed by atoms with E-state index in [4.69, 9.17) is 0 Å². The van der Waals surface area contributed by atoms with E-state index in [1.165, 1.54) is 0 Å². The third-order valence-electron chi connectivity index (χ3n) is 3.50. The van der Waals surface area contributed by atoms with Crippen LogP contribution >= 0.6 is 12.6 Å². The second kappa shape index (κ2) is 7.56. The van der Waals surface area contributed by atoms with Gasteiger partial charge in [0.1, 0.15) is 0 Å². The van der Waals surface area contributed by atoms with Crippen LogP contribution in [-0.4, -0.2) is 30.3 Å². The molecule has 0 saturated carbocycles. The lowest BCUT2D eigenvalue weighted by Gasteiger charge is -2.19. The van der Waals surface area contributed by atoms with Crippen LogP contribution in [0.3, 0.4) is 0 Å². The quantitative estimate of drug-likeness (QED) is 0.735. The fourth-order valence-electron chi connectivity index (χ4n) is 2.39. The molecule has 2 rings (SSSR count). The van der Waals surface area contributed by atoms with E-state index in [0.717, 1.165) is 37.9 Å². The highest BCUT2D eigenvalue weighted by Gasteiger charge is 2.19. The molecule has 3 nitrogen and oxygen atoms in total. The zero-order chi connectivity index (χ0) is 13.5. The molecule has 0 bridgehead atoms. The first-order valence-electron chi connectivity index (χ1n) is 6.99. The van der Waals surface area contributed by atoms with Crippen LogP contribution < -0.4 is 10.6 Å². The minimum Gasteiger partial charge on any atom is -0.352 e. The van der Waals surface area contributed by atoms with E-state index in [2.05, 4.69) is 23.3 Å². The predicted molar refractivity (Wildman–Crippen MR) is 81.6 cm³/mol. The molecule has 1 aromatic carbocycles. The van der Waals surface area contributed by atoms with Gasteiger partial charge in [-0.1, -0.05) is 30.3 Å². The van der Waals surface area contributed by atoms with E-state index in [0.29, 0.717) is 12.5 Å². The molecule has 1 aromatic rings. The number of rotatable bonds is 4. The average Bonchev–Trinajstić information content (AvgIpc) is 2.68. The number of hydrogen-bond acceptors (Lipinski definition) is 3. The summed E-state index contributed by atoms with van der Waals surface area (Å²) in [6, 6.07) is 10.3. The number of carbonyl (C=O) groups is 1. The number of hydrogen-bond donors (Lipinski definition) is 3. The lowest BCUT2D eigenvalue weighted by atomic mass is 10.1. The molecule has 0 radical (unpaired) electrons. The summed E-state index contributed by atoms with van der Waals surface area (Å²) in [5.74, 6) is 0.0547. The van der Waals surface area contributed by atoms with Gasteiger partial charge in [0, 0.05) is 6.04 Å². The van der Waals surface area contributed by atoms with E-state index in [-0.39, 0.29) is 11.2 Å². The molecule has 1 saturated heterocycles. The molecular formula is C15H22N2OS. The predicted octanol–water partition coefficient (Wildman–Crippen LogP) is 1.79. The van der Waals surface area contributed by atoms with Crippen molar-refractivity contribution in [3.63, 3.8) is 0 Å². The van der Waals surface area contributed by atoms with Crippen LogP contribution in [0, 0.1) is 0 Å². The summed E-state index contributed by atoms with van der Waals surface area (Å²) in [5, 5.41) is 6.21. The Balaban J connectivity index is 1.81. The van der Waals surface area contributed by atoms with Gasteiger partial charge in [0.25, 0.3) is 0 Å². The molecule has 1 aliphatic rings. The Bertz CT molecular complexity index is 388. The molecule has 0 spiro atoms. The van der Waals surface area contributed by atoms with Crippen molar-refractivity contribution in [2.45, 2.75) is 37.0 Å². The summed E-state index contributed by atoms with van der Waals surface area (Å²) >= 11 is 4.44. The summed E-state index contributed by atoms with van der Waals surface area (Å²) in [7, 11) is 0.